The number of nitrogens with two attached hydrogens (primary N) is 1. The van der Waals surface area contributed by atoms with E-state index in [1.54, 1.807) is 11.3 Å². The molecule has 0 radical (unpaired) electrons. The Hall–Kier alpha value is 0.260. The van der Waals surface area contributed by atoms with Gasteiger partial charge in [0.2, 0.25) is 0 Å². The minimum absolute atomic E-state index is 0.358. The molecule has 1 unspecified atom stereocenters. The van der Waals surface area contributed by atoms with E-state index >= 15 is 0 Å². The van der Waals surface area contributed by atoms with E-state index in [4.69, 9.17) is 17.3 Å². The minimum Gasteiger partial charge on any atom is -0.329 e. The van der Waals surface area contributed by atoms with Crippen LogP contribution in [0.1, 0.15) is 17.3 Å². The molecule has 0 amide bonds. The van der Waals surface area contributed by atoms with Crippen molar-refractivity contribution in [2.45, 2.75) is 12.5 Å². The summed E-state index contributed by atoms with van der Waals surface area (Å²) in [7, 11) is 0. The molecule has 2 heterocycles. The smallest absolute Gasteiger partial charge is 0.0931 e. The molecule has 5 heteroatoms. The van der Waals surface area contributed by atoms with E-state index in [0.29, 0.717) is 12.6 Å². The maximum absolute atomic E-state index is 5.99. The molecule has 2 N–H and O–H groups in total. The number of hydrogen-bond acceptors (Lipinski definition) is 4. The second-order valence-electron chi connectivity index (χ2n) is 3.90. The zero-order chi connectivity index (χ0) is 11.4. The van der Waals surface area contributed by atoms with Crippen LogP contribution in [-0.2, 0) is 0 Å². The molecule has 1 aromatic heterocycles. The highest BCUT2D eigenvalue weighted by molar-refractivity contribution is 7.99. The fourth-order valence-corrected chi connectivity index (χ4v) is 4.14. The molecular weight excluding hydrogens is 260 g/mol. The van der Waals surface area contributed by atoms with Crippen molar-refractivity contribution in [3.05, 3.63) is 21.3 Å². The topological polar surface area (TPSA) is 29.3 Å². The van der Waals surface area contributed by atoms with Crippen LogP contribution < -0.4 is 5.73 Å². The molecule has 2 rings (SSSR count). The van der Waals surface area contributed by atoms with Gasteiger partial charge in [-0.1, -0.05) is 11.6 Å². The normalized spacial score (nSPS) is 20.6. The first kappa shape index (κ1) is 12.7. The van der Waals surface area contributed by atoms with Crippen molar-refractivity contribution in [2.24, 2.45) is 5.73 Å². The van der Waals surface area contributed by atoms with Crippen molar-refractivity contribution in [2.75, 3.05) is 31.1 Å². The predicted molar refractivity (Wildman–Crippen MR) is 74.6 cm³/mol. The van der Waals surface area contributed by atoms with Crippen LogP contribution in [0.3, 0.4) is 0 Å². The summed E-state index contributed by atoms with van der Waals surface area (Å²) in [6.07, 6.45) is 1.26. The zero-order valence-corrected chi connectivity index (χ0v) is 11.6. The lowest BCUT2D eigenvalue weighted by Crippen LogP contribution is -2.34. The molecule has 0 spiro atoms. The van der Waals surface area contributed by atoms with Gasteiger partial charge in [-0.2, -0.15) is 11.8 Å². The summed E-state index contributed by atoms with van der Waals surface area (Å²) in [6, 6.07) is 4.44. The van der Waals surface area contributed by atoms with E-state index in [9.17, 15) is 0 Å². The fraction of sp³-hybridized carbons (Fsp3) is 0.636. The van der Waals surface area contributed by atoms with E-state index in [1.165, 1.54) is 22.8 Å². The minimum atomic E-state index is 0.358. The van der Waals surface area contributed by atoms with Crippen molar-refractivity contribution >= 4 is 34.7 Å². The third-order valence-corrected chi connectivity index (χ3v) is 5.22. The summed E-state index contributed by atoms with van der Waals surface area (Å²) < 4.78 is 0.859. The summed E-state index contributed by atoms with van der Waals surface area (Å²) in [6.45, 7) is 2.98. The number of thioether (sulfide) groups is 1. The molecule has 1 aliphatic rings. The first-order chi connectivity index (χ1) is 7.81. The maximum Gasteiger partial charge on any atom is 0.0931 e. The Morgan fingerprint density at radius 2 is 2.25 bits per heavy atom. The third kappa shape index (κ3) is 3.14. The van der Waals surface area contributed by atoms with Crippen molar-refractivity contribution in [1.29, 1.82) is 0 Å². The molecule has 0 bridgehead atoms. The van der Waals surface area contributed by atoms with Gasteiger partial charge in [-0.25, -0.2) is 0 Å². The SMILES string of the molecule is NCC(c1ccc(Cl)s1)N1CCCSCC1. The Morgan fingerprint density at radius 1 is 1.38 bits per heavy atom. The van der Waals surface area contributed by atoms with E-state index in [-0.39, 0.29) is 0 Å². The average molecular weight is 277 g/mol. The Kier molecular flexibility index (Phi) is 4.97. The van der Waals surface area contributed by atoms with E-state index in [1.807, 2.05) is 17.8 Å². The van der Waals surface area contributed by atoms with Gasteiger partial charge in [0, 0.05) is 23.7 Å². The van der Waals surface area contributed by atoms with Gasteiger partial charge in [-0.05, 0) is 30.9 Å². The van der Waals surface area contributed by atoms with Gasteiger partial charge in [0.05, 0.1) is 10.4 Å². The van der Waals surface area contributed by atoms with Gasteiger partial charge in [-0.3, -0.25) is 4.90 Å². The zero-order valence-electron chi connectivity index (χ0n) is 9.19. The van der Waals surface area contributed by atoms with Crippen LogP contribution in [0.5, 0.6) is 0 Å². The lowest BCUT2D eigenvalue weighted by molar-refractivity contribution is 0.221. The molecular formula is C11H17ClN2S2. The van der Waals surface area contributed by atoms with Crippen LogP contribution in [0.15, 0.2) is 12.1 Å². The summed E-state index contributed by atoms with van der Waals surface area (Å²) in [5, 5.41) is 0. The quantitative estimate of drug-likeness (QED) is 0.921. The molecule has 0 aromatic carbocycles. The second-order valence-corrected chi connectivity index (χ2v) is 6.87. The number of halogens is 1. The Morgan fingerprint density at radius 3 is 2.94 bits per heavy atom. The molecule has 1 aromatic rings. The summed E-state index contributed by atoms with van der Waals surface area (Å²) in [5.74, 6) is 2.49. The summed E-state index contributed by atoms with van der Waals surface area (Å²) in [5.41, 5.74) is 5.91. The van der Waals surface area contributed by atoms with Crippen LogP contribution in [-0.4, -0.2) is 36.0 Å². The molecule has 2 nitrogen and oxygen atoms in total. The second kappa shape index (κ2) is 6.26. The Balaban J connectivity index is 2.08. The Bertz CT molecular complexity index is 322. The summed E-state index contributed by atoms with van der Waals surface area (Å²) >= 11 is 9.69. The molecule has 1 aliphatic heterocycles. The first-order valence-electron chi connectivity index (χ1n) is 5.58. The van der Waals surface area contributed by atoms with Crippen molar-refractivity contribution in [3.63, 3.8) is 0 Å². The highest BCUT2D eigenvalue weighted by Crippen LogP contribution is 2.31. The highest BCUT2D eigenvalue weighted by Gasteiger charge is 2.21. The number of rotatable bonds is 3. The van der Waals surface area contributed by atoms with Crippen LogP contribution in [0.25, 0.3) is 0 Å². The van der Waals surface area contributed by atoms with Crippen molar-refractivity contribution in [1.82, 2.24) is 4.90 Å². The van der Waals surface area contributed by atoms with Gasteiger partial charge < -0.3 is 5.73 Å². The standard InChI is InChI=1S/C11H17ClN2S2/c12-11-3-2-10(16-11)9(8-13)14-4-1-6-15-7-5-14/h2-3,9H,1,4-8,13H2. The van der Waals surface area contributed by atoms with Crippen LogP contribution in [0.4, 0.5) is 0 Å². The molecule has 16 heavy (non-hydrogen) atoms. The third-order valence-electron chi connectivity index (χ3n) is 2.84. The lowest BCUT2D eigenvalue weighted by atomic mass is 10.2. The van der Waals surface area contributed by atoms with Gasteiger partial charge in [0.25, 0.3) is 0 Å². The van der Waals surface area contributed by atoms with Gasteiger partial charge in [0.1, 0.15) is 0 Å². The van der Waals surface area contributed by atoms with Gasteiger partial charge in [-0.15, -0.1) is 11.3 Å². The Labute approximate surface area is 110 Å². The van der Waals surface area contributed by atoms with E-state index in [0.717, 1.165) is 17.4 Å². The van der Waals surface area contributed by atoms with E-state index < -0.39 is 0 Å². The average Bonchev–Trinajstić information content (AvgIpc) is 2.55. The molecule has 0 saturated carbocycles. The van der Waals surface area contributed by atoms with Crippen molar-refractivity contribution < 1.29 is 0 Å². The monoisotopic (exact) mass is 276 g/mol. The molecule has 1 saturated heterocycles. The first-order valence-corrected chi connectivity index (χ1v) is 7.93. The predicted octanol–water partition coefficient (Wildman–Crippen LogP) is 2.84. The number of hydrogen-bond donors (Lipinski definition) is 1. The van der Waals surface area contributed by atoms with E-state index in [2.05, 4.69) is 11.0 Å². The number of nitrogens with zero attached hydrogens (tertiary/aromatic N) is 1. The van der Waals surface area contributed by atoms with Crippen LogP contribution in [0, 0.1) is 0 Å². The lowest BCUT2D eigenvalue weighted by Gasteiger charge is -2.28. The molecule has 1 atom stereocenters. The number of thiophene rings is 1. The maximum atomic E-state index is 5.99. The summed E-state index contributed by atoms with van der Waals surface area (Å²) in [4.78, 5) is 3.81. The molecule has 0 aliphatic carbocycles. The van der Waals surface area contributed by atoms with Crippen LogP contribution in [0.2, 0.25) is 4.34 Å². The fourth-order valence-electron chi connectivity index (χ4n) is 2.03. The molecule has 1 fully saturated rings. The van der Waals surface area contributed by atoms with Crippen LogP contribution >= 0.6 is 34.7 Å². The molecule has 90 valence electrons. The van der Waals surface area contributed by atoms with Crippen molar-refractivity contribution in [3.8, 4) is 0 Å². The van der Waals surface area contributed by atoms with Gasteiger partial charge >= 0.3 is 0 Å². The largest absolute Gasteiger partial charge is 0.329 e. The highest BCUT2D eigenvalue weighted by atomic mass is 35.5. The van der Waals surface area contributed by atoms with Gasteiger partial charge in [0.15, 0.2) is 0 Å².